The smallest absolute Gasteiger partial charge is 1.00 e. The van der Waals surface area contributed by atoms with Crippen LogP contribution in [0.15, 0.2) is 12.1 Å². The first-order valence-corrected chi connectivity index (χ1v) is 4.40. The largest absolute Gasteiger partial charge is 2.00 e. The molecule has 0 aliphatic heterocycles. The molecule has 0 unspecified atom stereocenters. The molecule has 0 N–H and O–H groups in total. The zero-order chi connectivity index (χ0) is 9.35. The molecule has 0 spiro atoms. The molecule has 1 aromatic rings. The SMILES string of the molecule is Cc1[c-]c(C)cc(C(C)(C)C)c1.[Br-].[Mg+2]. The molecule has 0 fully saturated rings. The van der Waals surface area contributed by atoms with E-state index in [0.717, 1.165) is 0 Å². The van der Waals surface area contributed by atoms with E-state index in [9.17, 15) is 0 Å². The quantitative estimate of drug-likeness (QED) is 0.458. The average molecular weight is 265 g/mol. The molecule has 0 radical (unpaired) electrons. The molecule has 0 aliphatic carbocycles. The second kappa shape index (κ2) is 6.14. The molecule has 2 heteroatoms. The summed E-state index contributed by atoms with van der Waals surface area (Å²) in [5.41, 5.74) is 4.13. The van der Waals surface area contributed by atoms with Gasteiger partial charge in [0.2, 0.25) is 0 Å². The Bertz CT molecular complexity index is 267. The van der Waals surface area contributed by atoms with Gasteiger partial charge in [-0.25, -0.2) is 0 Å². The predicted molar refractivity (Wildman–Crippen MR) is 59.2 cm³/mol. The van der Waals surface area contributed by atoms with Crippen LogP contribution in [0.1, 0.15) is 37.5 Å². The van der Waals surface area contributed by atoms with Crippen molar-refractivity contribution in [3.8, 4) is 0 Å². The Balaban J connectivity index is 0. The number of halogens is 1. The van der Waals surface area contributed by atoms with Crippen LogP contribution in [0.2, 0.25) is 0 Å². The Hall–Kier alpha value is 0.466. The summed E-state index contributed by atoms with van der Waals surface area (Å²) >= 11 is 0. The van der Waals surface area contributed by atoms with Gasteiger partial charge in [-0.05, 0) is 5.41 Å². The summed E-state index contributed by atoms with van der Waals surface area (Å²) in [5.74, 6) is 0. The monoisotopic (exact) mass is 264 g/mol. The summed E-state index contributed by atoms with van der Waals surface area (Å²) in [7, 11) is 0. The average Bonchev–Trinajstić information content (AvgIpc) is 1.82. The molecule has 1 aromatic carbocycles. The molecule has 0 saturated heterocycles. The summed E-state index contributed by atoms with van der Waals surface area (Å²) in [6.07, 6.45) is 0. The van der Waals surface area contributed by atoms with E-state index in [0.29, 0.717) is 0 Å². The van der Waals surface area contributed by atoms with Crippen molar-refractivity contribution in [1.82, 2.24) is 0 Å². The van der Waals surface area contributed by atoms with Crippen LogP contribution in [0.3, 0.4) is 0 Å². The summed E-state index contributed by atoms with van der Waals surface area (Å²) < 4.78 is 0. The maximum absolute atomic E-state index is 3.28. The third-order valence-electron chi connectivity index (χ3n) is 2.00. The predicted octanol–water partition coefficient (Wildman–Crippen LogP) is 0.0243. The molecule has 74 valence electrons. The summed E-state index contributed by atoms with van der Waals surface area (Å²) in [6.45, 7) is 10.9. The van der Waals surface area contributed by atoms with E-state index in [-0.39, 0.29) is 45.4 Å². The normalized spacial score (nSPS) is 10.1. The fraction of sp³-hybridized carbons (Fsp3) is 0.500. The molecule has 0 bridgehead atoms. The number of benzene rings is 1. The fourth-order valence-electron chi connectivity index (χ4n) is 1.32. The van der Waals surface area contributed by atoms with Crippen LogP contribution in [0.5, 0.6) is 0 Å². The molecule has 0 saturated carbocycles. The van der Waals surface area contributed by atoms with Crippen molar-refractivity contribution in [2.45, 2.75) is 40.0 Å². The van der Waals surface area contributed by atoms with Gasteiger partial charge in [0, 0.05) is 0 Å². The van der Waals surface area contributed by atoms with Crippen LogP contribution in [0, 0.1) is 19.9 Å². The Kier molecular flexibility index (Phi) is 7.40. The molecule has 0 amide bonds. The Morgan fingerprint density at radius 2 is 1.36 bits per heavy atom. The van der Waals surface area contributed by atoms with Gasteiger partial charge in [0.05, 0.1) is 0 Å². The number of hydrogen-bond donors (Lipinski definition) is 0. The minimum absolute atomic E-state index is 0. The maximum Gasteiger partial charge on any atom is 2.00 e. The topological polar surface area (TPSA) is 0 Å². The maximum atomic E-state index is 3.28. The molecule has 0 aliphatic rings. The molecule has 0 heterocycles. The van der Waals surface area contributed by atoms with E-state index < -0.39 is 0 Å². The van der Waals surface area contributed by atoms with Crippen molar-refractivity contribution < 1.29 is 17.0 Å². The van der Waals surface area contributed by atoms with Crippen LogP contribution >= 0.6 is 0 Å². The molecular formula is C12H17BrMg. The van der Waals surface area contributed by atoms with E-state index >= 15 is 0 Å². The molecule has 1 rings (SSSR count). The van der Waals surface area contributed by atoms with Crippen LogP contribution in [0.4, 0.5) is 0 Å². The fourth-order valence-corrected chi connectivity index (χ4v) is 1.32. The summed E-state index contributed by atoms with van der Waals surface area (Å²) in [5, 5.41) is 0. The second-order valence-electron chi connectivity index (χ2n) is 4.49. The molecule has 0 nitrogen and oxygen atoms in total. The van der Waals surface area contributed by atoms with Gasteiger partial charge in [0.1, 0.15) is 0 Å². The van der Waals surface area contributed by atoms with Crippen molar-refractivity contribution in [2.24, 2.45) is 0 Å². The number of aryl methyl sites for hydroxylation is 2. The van der Waals surface area contributed by atoms with Crippen molar-refractivity contribution in [1.29, 1.82) is 0 Å². The van der Waals surface area contributed by atoms with E-state index in [4.69, 9.17) is 0 Å². The first kappa shape index (κ1) is 16.9. The van der Waals surface area contributed by atoms with Crippen molar-refractivity contribution >= 4 is 23.1 Å². The van der Waals surface area contributed by atoms with Gasteiger partial charge in [-0.2, -0.15) is 34.9 Å². The van der Waals surface area contributed by atoms with Crippen molar-refractivity contribution in [2.75, 3.05) is 0 Å². The first-order valence-electron chi connectivity index (χ1n) is 4.40. The van der Waals surface area contributed by atoms with Crippen LogP contribution < -0.4 is 17.0 Å². The van der Waals surface area contributed by atoms with Gasteiger partial charge < -0.3 is 17.0 Å². The van der Waals surface area contributed by atoms with E-state index in [1.165, 1.54) is 16.7 Å². The Labute approximate surface area is 114 Å². The third kappa shape index (κ3) is 4.81. The molecule has 0 atom stereocenters. The van der Waals surface area contributed by atoms with Crippen molar-refractivity contribution in [3.05, 3.63) is 34.9 Å². The molecular weight excluding hydrogens is 248 g/mol. The molecule has 0 aromatic heterocycles. The van der Waals surface area contributed by atoms with Crippen molar-refractivity contribution in [3.63, 3.8) is 0 Å². The van der Waals surface area contributed by atoms with Crippen LogP contribution in [-0.2, 0) is 5.41 Å². The van der Waals surface area contributed by atoms with Gasteiger partial charge in [-0.3, -0.25) is 0 Å². The zero-order valence-electron chi connectivity index (χ0n) is 9.74. The van der Waals surface area contributed by atoms with E-state index in [2.05, 4.69) is 52.8 Å². The van der Waals surface area contributed by atoms with Gasteiger partial charge in [0.25, 0.3) is 0 Å². The van der Waals surface area contributed by atoms with E-state index in [1.54, 1.807) is 0 Å². The molecule has 14 heavy (non-hydrogen) atoms. The summed E-state index contributed by atoms with van der Waals surface area (Å²) in [6, 6.07) is 7.71. The number of rotatable bonds is 0. The minimum Gasteiger partial charge on any atom is -1.00 e. The van der Waals surface area contributed by atoms with Gasteiger partial charge in [-0.15, -0.1) is 0 Å². The van der Waals surface area contributed by atoms with Gasteiger partial charge in [0.15, 0.2) is 0 Å². The number of hydrogen-bond acceptors (Lipinski definition) is 0. The van der Waals surface area contributed by atoms with Crippen LogP contribution in [0.25, 0.3) is 0 Å². The summed E-state index contributed by atoms with van der Waals surface area (Å²) in [4.78, 5) is 0. The standard InChI is InChI=1S/C12H17.BrH.Mg/c1-9-6-10(2)8-11(7-9)12(3,4)5;;/h7-8H,1-5H3;1H;/q-1;;+2/p-1. The second-order valence-corrected chi connectivity index (χ2v) is 4.49. The Morgan fingerprint density at radius 1 is 1.00 bits per heavy atom. The van der Waals surface area contributed by atoms with Crippen LogP contribution in [-0.4, -0.2) is 23.1 Å². The van der Waals surface area contributed by atoms with Gasteiger partial charge in [-0.1, -0.05) is 34.6 Å². The third-order valence-corrected chi connectivity index (χ3v) is 2.00. The van der Waals surface area contributed by atoms with E-state index in [1.807, 2.05) is 0 Å². The van der Waals surface area contributed by atoms with Gasteiger partial charge >= 0.3 is 23.1 Å². The zero-order valence-corrected chi connectivity index (χ0v) is 12.7. The Morgan fingerprint density at radius 3 is 1.64 bits per heavy atom. The minimum atomic E-state index is 0. The first-order chi connectivity index (χ1) is 5.39.